The maximum atomic E-state index is 5.84. The van der Waals surface area contributed by atoms with Gasteiger partial charge < -0.3 is 20.9 Å². The molecule has 2 rings (SSSR count). The summed E-state index contributed by atoms with van der Waals surface area (Å²) in [5, 5.41) is 4.10. The zero-order chi connectivity index (χ0) is 15.5. The summed E-state index contributed by atoms with van der Waals surface area (Å²) in [6.07, 6.45) is 1.83. The van der Waals surface area contributed by atoms with Crippen molar-refractivity contribution in [2.24, 2.45) is 0 Å². The second kappa shape index (κ2) is 6.00. The Bertz CT molecular complexity index is 565. The molecule has 0 fully saturated rings. The average molecular weight is 279 g/mol. The van der Waals surface area contributed by atoms with Crippen LogP contribution in [0, 0.1) is 0 Å². The van der Waals surface area contributed by atoms with E-state index in [2.05, 4.69) is 33.2 Å². The fourth-order valence-electron chi connectivity index (χ4n) is 1.48. The molecule has 0 amide bonds. The van der Waals surface area contributed by atoms with Gasteiger partial charge in [0.05, 0.1) is 33.4 Å². The Morgan fingerprint density at radius 2 is 1.80 bits per heavy atom. The summed E-state index contributed by atoms with van der Waals surface area (Å²) in [7, 11) is 10.5. The van der Waals surface area contributed by atoms with Crippen molar-refractivity contribution in [3.05, 3.63) is 18.3 Å². The third-order valence-corrected chi connectivity index (χ3v) is 3.13. The van der Waals surface area contributed by atoms with Crippen molar-refractivity contribution in [1.82, 2.24) is 9.61 Å². The van der Waals surface area contributed by atoms with Crippen LogP contribution < -0.4 is 16.4 Å². The molecule has 0 aliphatic carbocycles. The molecule has 0 radical (unpaired) electrons. The maximum absolute atomic E-state index is 5.84. The van der Waals surface area contributed by atoms with E-state index in [1.807, 2.05) is 37.3 Å². The standard InChI is InChI=1S/C9H13N5.C5H14N/c1-13(2)6-4-3-5-14-8(6)7(10)9(11)12-14;1-5-6(2,3)4/h3-5H,10H2,1-2H3,(H2,11,12);5H2,1-4H3/q;+1. The summed E-state index contributed by atoms with van der Waals surface area (Å²) < 4.78 is 2.76. The fourth-order valence-corrected chi connectivity index (χ4v) is 1.48. The summed E-state index contributed by atoms with van der Waals surface area (Å²) in [6, 6.07) is 3.89. The van der Waals surface area contributed by atoms with E-state index in [0.717, 1.165) is 15.7 Å². The number of aromatic nitrogens is 2. The Morgan fingerprint density at radius 3 is 2.25 bits per heavy atom. The van der Waals surface area contributed by atoms with Gasteiger partial charge >= 0.3 is 0 Å². The first kappa shape index (κ1) is 16.1. The minimum absolute atomic E-state index is 0.374. The van der Waals surface area contributed by atoms with Crippen LogP contribution in [0.5, 0.6) is 0 Å². The molecule has 0 bridgehead atoms. The van der Waals surface area contributed by atoms with Crippen LogP contribution in [0.15, 0.2) is 18.3 Å². The largest absolute Gasteiger partial charge is 0.394 e. The van der Waals surface area contributed by atoms with Crippen molar-refractivity contribution in [3.63, 3.8) is 0 Å². The zero-order valence-electron chi connectivity index (χ0n) is 13.4. The molecule has 6 heteroatoms. The van der Waals surface area contributed by atoms with E-state index in [0.29, 0.717) is 11.5 Å². The highest BCUT2D eigenvalue weighted by atomic mass is 15.3. The number of anilines is 3. The SMILES string of the molecule is CC[N+](C)(C)C.CN(C)c1cccn2nc(N)c(N)c12. The van der Waals surface area contributed by atoms with E-state index >= 15 is 0 Å². The first-order chi connectivity index (χ1) is 9.17. The van der Waals surface area contributed by atoms with Gasteiger partial charge in [0.25, 0.3) is 0 Å². The fraction of sp³-hybridized carbons (Fsp3) is 0.500. The lowest BCUT2D eigenvalue weighted by atomic mass is 10.3. The van der Waals surface area contributed by atoms with Gasteiger partial charge in [0.15, 0.2) is 5.82 Å². The third kappa shape index (κ3) is 3.77. The van der Waals surface area contributed by atoms with E-state index in [4.69, 9.17) is 11.5 Å². The number of quaternary nitrogens is 1. The molecule has 0 aliphatic heterocycles. The molecule has 6 nitrogen and oxygen atoms in total. The molecule has 0 unspecified atom stereocenters. The van der Waals surface area contributed by atoms with Crippen LogP contribution in [0.2, 0.25) is 0 Å². The molecule has 0 aliphatic rings. The summed E-state index contributed by atoms with van der Waals surface area (Å²) in [5.41, 5.74) is 13.9. The van der Waals surface area contributed by atoms with Crippen molar-refractivity contribution < 1.29 is 4.48 Å². The second-order valence-electron chi connectivity index (χ2n) is 5.99. The number of pyridine rings is 1. The van der Waals surface area contributed by atoms with Gasteiger partial charge in [0.2, 0.25) is 0 Å². The van der Waals surface area contributed by atoms with Gasteiger partial charge in [-0.2, -0.15) is 0 Å². The van der Waals surface area contributed by atoms with Crippen LogP contribution in [-0.2, 0) is 0 Å². The van der Waals surface area contributed by atoms with Crippen molar-refractivity contribution in [1.29, 1.82) is 0 Å². The number of hydrogen-bond donors (Lipinski definition) is 2. The molecule has 0 atom stereocenters. The van der Waals surface area contributed by atoms with Crippen molar-refractivity contribution in [2.75, 3.05) is 58.2 Å². The highest BCUT2D eigenvalue weighted by molar-refractivity contribution is 5.90. The molecule has 0 saturated carbocycles. The minimum Gasteiger partial charge on any atom is -0.394 e. The molecule has 20 heavy (non-hydrogen) atoms. The predicted octanol–water partition coefficient (Wildman–Crippen LogP) is 1.28. The predicted molar refractivity (Wildman–Crippen MR) is 86.9 cm³/mol. The summed E-state index contributed by atoms with van der Waals surface area (Å²) in [6.45, 7) is 3.39. The van der Waals surface area contributed by atoms with E-state index in [-0.39, 0.29) is 0 Å². The van der Waals surface area contributed by atoms with Crippen molar-refractivity contribution >= 4 is 22.7 Å². The Hall–Kier alpha value is -1.95. The average Bonchev–Trinajstić information content (AvgIpc) is 2.65. The van der Waals surface area contributed by atoms with Crippen LogP contribution in [-0.4, -0.2) is 55.9 Å². The maximum Gasteiger partial charge on any atom is 0.169 e. The van der Waals surface area contributed by atoms with Gasteiger partial charge in [-0.15, -0.1) is 5.10 Å². The monoisotopic (exact) mass is 279 g/mol. The Labute approximate surface area is 121 Å². The van der Waals surface area contributed by atoms with E-state index in [9.17, 15) is 0 Å². The smallest absolute Gasteiger partial charge is 0.169 e. The molecule has 0 aromatic carbocycles. The first-order valence-corrected chi connectivity index (χ1v) is 6.67. The van der Waals surface area contributed by atoms with Crippen LogP contribution in [0.3, 0.4) is 0 Å². The van der Waals surface area contributed by atoms with Crippen molar-refractivity contribution in [2.45, 2.75) is 6.92 Å². The molecule has 0 spiro atoms. The number of nitrogens with two attached hydrogens (primary N) is 2. The minimum atomic E-state index is 0.374. The van der Waals surface area contributed by atoms with Gasteiger partial charge in [0.1, 0.15) is 11.2 Å². The van der Waals surface area contributed by atoms with E-state index in [1.54, 1.807) is 4.52 Å². The molecular weight excluding hydrogens is 252 g/mol. The quantitative estimate of drug-likeness (QED) is 0.812. The van der Waals surface area contributed by atoms with Gasteiger partial charge in [-0.1, -0.05) is 0 Å². The number of hydrogen-bond acceptors (Lipinski definition) is 4. The van der Waals surface area contributed by atoms with Gasteiger partial charge in [-0.25, -0.2) is 4.52 Å². The van der Waals surface area contributed by atoms with Crippen LogP contribution in [0.25, 0.3) is 5.52 Å². The van der Waals surface area contributed by atoms with Crippen LogP contribution in [0.1, 0.15) is 6.92 Å². The van der Waals surface area contributed by atoms with Crippen molar-refractivity contribution in [3.8, 4) is 0 Å². The molecule has 2 aromatic rings. The molecule has 0 saturated heterocycles. The first-order valence-electron chi connectivity index (χ1n) is 6.67. The lowest BCUT2D eigenvalue weighted by molar-refractivity contribution is -0.868. The van der Waals surface area contributed by atoms with E-state index < -0.39 is 0 Å². The molecule has 4 N–H and O–H groups in total. The number of nitrogen functional groups attached to an aromatic ring is 2. The molecule has 112 valence electrons. The highest BCUT2D eigenvalue weighted by Gasteiger charge is 2.11. The zero-order valence-corrected chi connectivity index (χ0v) is 13.4. The highest BCUT2D eigenvalue weighted by Crippen LogP contribution is 2.28. The second-order valence-corrected chi connectivity index (χ2v) is 5.99. The van der Waals surface area contributed by atoms with E-state index in [1.165, 1.54) is 6.54 Å². The normalized spacial score (nSPS) is 11.1. The molecule has 2 heterocycles. The molecule has 2 aromatic heterocycles. The van der Waals surface area contributed by atoms with Gasteiger partial charge in [-0.3, -0.25) is 0 Å². The van der Waals surface area contributed by atoms with Gasteiger partial charge in [0, 0.05) is 20.3 Å². The summed E-state index contributed by atoms with van der Waals surface area (Å²) in [4.78, 5) is 1.98. The third-order valence-electron chi connectivity index (χ3n) is 3.13. The van der Waals surface area contributed by atoms with Crippen LogP contribution in [0.4, 0.5) is 17.2 Å². The topological polar surface area (TPSA) is 72.6 Å². The lowest BCUT2D eigenvalue weighted by Gasteiger charge is -2.20. The Balaban J connectivity index is 0.000000286. The Morgan fingerprint density at radius 1 is 1.25 bits per heavy atom. The lowest BCUT2D eigenvalue weighted by Crippen LogP contribution is -2.33. The summed E-state index contributed by atoms with van der Waals surface area (Å²) >= 11 is 0. The number of nitrogens with zero attached hydrogens (tertiary/aromatic N) is 4. The van der Waals surface area contributed by atoms with Gasteiger partial charge in [-0.05, 0) is 19.1 Å². The number of rotatable bonds is 2. The van der Waals surface area contributed by atoms with Crippen LogP contribution >= 0.6 is 0 Å². The molecular formula is C14H27N6+. The summed E-state index contributed by atoms with van der Waals surface area (Å²) in [5.74, 6) is 0.374. The Kier molecular flexibility index (Phi) is 4.83. The number of fused-ring (bicyclic) bond motifs is 1.